The molecular weight excluding hydrogens is 355 g/mol. The predicted molar refractivity (Wildman–Crippen MR) is 112 cm³/mol. The Bertz CT molecular complexity index is 549. The molecule has 1 saturated carbocycles. The van der Waals surface area contributed by atoms with Gasteiger partial charge in [0, 0.05) is 0 Å². The lowest BCUT2D eigenvalue weighted by molar-refractivity contribution is -0.157. The molecule has 4 heteroatoms. The van der Waals surface area contributed by atoms with E-state index in [4.69, 9.17) is 9.47 Å². The zero-order valence-electron chi connectivity index (χ0n) is 17.6. The molecule has 1 aromatic rings. The summed E-state index contributed by atoms with van der Waals surface area (Å²) in [5.41, 5.74) is 1.31. The van der Waals surface area contributed by atoms with Crippen molar-refractivity contribution >= 4 is 5.97 Å². The highest BCUT2D eigenvalue weighted by Crippen LogP contribution is 2.35. The summed E-state index contributed by atoms with van der Waals surface area (Å²) in [6.07, 6.45) is 8.71. The summed E-state index contributed by atoms with van der Waals surface area (Å²) in [5, 5.41) is 0. The quantitative estimate of drug-likeness (QED) is 0.292. The average Bonchev–Trinajstić information content (AvgIpc) is 2.73. The molecule has 0 N–H and O–H groups in total. The Morgan fingerprint density at radius 2 is 1.68 bits per heavy atom. The van der Waals surface area contributed by atoms with Gasteiger partial charge in [0.1, 0.15) is 11.9 Å². The van der Waals surface area contributed by atoms with Gasteiger partial charge in [0.15, 0.2) is 6.17 Å². The lowest BCUT2D eigenvalue weighted by Crippen LogP contribution is -2.28. The van der Waals surface area contributed by atoms with Gasteiger partial charge in [0.2, 0.25) is 0 Å². The first kappa shape index (κ1) is 22.7. The summed E-state index contributed by atoms with van der Waals surface area (Å²) < 4.78 is 25.0. The Morgan fingerprint density at radius 3 is 2.32 bits per heavy atom. The van der Waals surface area contributed by atoms with Gasteiger partial charge >= 0.3 is 5.97 Å². The zero-order chi connectivity index (χ0) is 20.2. The Hall–Kier alpha value is -1.58. The highest BCUT2D eigenvalue weighted by Gasteiger charge is 2.27. The molecule has 0 aromatic heterocycles. The third-order valence-corrected chi connectivity index (χ3v) is 5.64. The van der Waals surface area contributed by atoms with E-state index in [2.05, 4.69) is 31.2 Å². The zero-order valence-corrected chi connectivity index (χ0v) is 17.6. The molecule has 1 aliphatic rings. The lowest BCUT2D eigenvalue weighted by Gasteiger charge is -2.29. The summed E-state index contributed by atoms with van der Waals surface area (Å²) in [6.45, 7) is 4.98. The normalized spacial score (nSPS) is 20.5. The molecule has 0 spiro atoms. The lowest BCUT2D eigenvalue weighted by atomic mass is 9.83. The van der Waals surface area contributed by atoms with Crippen molar-refractivity contribution in [1.82, 2.24) is 0 Å². The molecule has 0 aliphatic heterocycles. The van der Waals surface area contributed by atoms with Gasteiger partial charge in [-0.15, -0.1) is 0 Å². The Morgan fingerprint density at radius 1 is 1.00 bits per heavy atom. The molecule has 158 valence electrons. The summed E-state index contributed by atoms with van der Waals surface area (Å²) >= 11 is 0. The molecule has 1 aromatic carbocycles. The summed E-state index contributed by atoms with van der Waals surface area (Å²) in [5.74, 6) is 0.746. The minimum Gasteiger partial charge on any atom is -0.494 e. The van der Waals surface area contributed by atoms with Gasteiger partial charge < -0.3 is 9.47 Å². The van der Waals surface area contributed by atoms with E-state index in [1.807, 2.05) is 6.92 Å². The smallest absolute Gasteiger partial charge is 0.340 e. The van der Waals surface area contributed by atoms with Crippen molar-refractivity contribution in [3.63, 3.8) is 0 Å². The van der Waals surface area contributed by atoms with E-state index < -0.39 is 12.1 Å². The highest BCUT2D eigenvalue weighted by molar-refractivity contribution is 5.74. The molecule has 1 atom stereocenters. The fourth-order valence-electron chi connectivity index (χ4n) is 3.81. The van der Waals surface area contributed by atoms with E-state index in [1.165, 1.54) is 24.8 Å². The molecular formula is C24H37FO3. The topological polar surface area (TPSA) is 35.5 Å². The Balaban J connectivity index is 1.70. The summed E-state index contributed by atoms with van der Waals surface area (Å²) in [6, 6.07) is 8.42. The molecule has 1 fully saturated rings. The van der Waals surface area contributed by atoms with Crippen LogP contribution in [0.3, 0.4) is 0 Å². The van der Waals surface area contributed by atoms with Gasteiger partial charge in [-0.1, -0.05) is 58.1 Å². The molecule has 0 heterocycles. The second-order valence-electron chi connectivity index (χ2n) is 8.00. The molecule has 0 saturated heterocycles. The third kappa shape index (κ3) is 7.81. The van der Waals surface area contributed by atoms with Gasteiger partial charge in [0.25, 0.3) is 0 Å². The van der Waals surface area contributed by atoms with Crippen LogP contribution < -0.4 is 4.74 Å². The van der Waals surface area contributed by atoms with Crippen molar-refractivity contribution in [3.8, 4) is 5.75 Å². The van der Waals surface area contributed by atoms with Crippen LogP contribution in [0.4, 0.5) is 4.39 Å². The van der Waals surface area contributed by atoms with Gasteiger partial charge in [-0.25, -0.2) is 9.18 Å². The molecule has 3 nitrogen and oxygen atoms in total. The largest absolute Gasteiger partial charge is 0.494 e. The number of ether oxygens (including phenoxy) is 2. The van der Waals surface area contributed by atoms with Crippen molar-refractivity contribution < 1.29 is 18.7 Å². The van der Waals surface area contributed by atoms with Crippen LogP contribution >= 0.6 is 0 Å². The van der Waals surface area contributed by atoms with Crippen molar-refractivity contribution in [2.45, 2.75) is 103 Å². The first-order valence-electron chi connectivity index (χ1n) is 11.2. The van der Waals surface area contributed by atoms with E-state index in [0.29, 0.717) is 5.92 Å². The maximum atomic E-state index is 13.8. The first-order valence-corrected chi connectivity index (χ1v) is 11.2. The third-order valence-electron chi connectivity index (χ3n) is 5.64. The Kier molecular flexibility index (Phi) is 10.4. The van der Waals surface area contributed by atoms with Crippen LogP contribution in [-0.4, -0.2) is 24.9 Å². The SMILES string of the molecule is CCCCCCOc1ccc([C@H]2CC[C@H](OC(=O)[C@@H](F)CCCC)CC2)cc1. The fourth-order valence-corrected chi connectivity index (χ4v) is 3.81. The molecule has 28 heavy (non-hydrogen) atoms. The highest BCUT2D eigenvalue weighted by atomic mass is 19.1. The fraction of sp³-hybridized carbons (Fsp3) is 0.708. The van der Waals surface area contributed by atoms with Crippen LogP contribution in [0.5, 0.6) is 5.75 Å². The van der Waals surface area contributed by atoms with Crippen molar-refractivity contribution in [2.24, 2.45) is 0 Å². The molecule has 2 rings (SSSR count). The van der Waals surface area contributed by atoms with Crippen molar-refractivity contribution in [1.29, 1.82) is 0 Å². The van der Waals surface area contributed by atoms with Crippen molar-refractivity contribution in [3.05, 3.63) is 29.8 Å². The van der Waals surface area contributed by atoms with Crippen LogP contribution in [0.1, 0.15) is 96.0 Å². The second-order valence-corrected chi connectivity index (χ2v) is 8.00. The summed E-state index contributed by atoms with van der Waals surface area (Å²) in [4.78, 5) is 11.8. The predicted octanol–water partition coefficient (Wildman–Crippen LogP) is 6.74. The van der Waals surface area contributed by atoms with Crippen LogP contribution in [0.15, 0.2) is 24.3 Å². The van der Waals surface area contributed by atoms with Crippen LogP contribution in [0.2, 0.25) is 0 Å². The monoisotopic (exact) mass is 392 g/mol. The van der Waals surface area contributed by atoms with Gasteiger partial charge in [-0.3, -0.25) is 0 Å². The number of carbonyl (C=O) groups is 1. The minimum atomic E-state index is -1.47. The summed E-state index contributed by atoms with van der Waals surface area (Å²) in [7, 11) is 0. The van der Waals surface area contributed by atoms with Gasteiger partial charge in [-0.2, -0.15) is 0 Å². The van der Waals surface area contributed by atoms with Crippen molar-refractivity contribution in [2.75, 3.05) is 6.61 Å². The van der Waals surface area contributed by atoms with Gasteiger partial charge in [0.05, 0.1) is 6.61 Å². The second kappa shape index (κ2) is 12.8. The molecule has 1 aliphatic carbocycles. The van der Waals surface area contributed by atoms with Gasteiger partial charge in [-0.05, 0) is 62.1 Å². The van der Waals surface area contributed by atoms with Crippen LogP contribution in [-0.2, 0) is 9.53 Å². The number of unbranched alkanes of at least 4 members (excludes halogenated alkanes) is 4. The Labute approximate surface area is 170 Å². The molecule has 0 unspecified atom stereocenters. The number of alkyl halides is 1. The number of esters is 1. The first-order chi connectivity index (χ1) is 13.6. The average molecular weight is 393 g/mol. The number of hydrogen-bond donors (Lipinski definition) is 0. The number of hydrogen-bond acceptors (Lipinski definition) is 3. The van der Waals surface area contributed by atoms with E-state index in [1.54, 1.807) is 0 Å². The number of rotatable bonds is 12. The van der Waals surface area contributed by atoms with E-state index >= 15 is 0 Å². The van der Waals surface area contributed by atoms with E-state index in [0.717, 1.165) is 57.3 Å². The van der Waals surface area contributed by atoms with Crippen LogP contribution in [0, 0.1) is 0 Å². The minimum absolute atomic E-state index is 0.130. The number of halogens is 1. The maximum Gasteiger partial charge on any atom is 0.340 e. The molecule has 0 bridgehead atoms. The van der Waals surface area contributed by atoms with Crippen LogP contribution in [0.25, 0.3) is 0 Å². The maximum absolute atomic E-state index is 13.8. The molecule has 0 amide bonds. The van der Waals surface area contributed by atoms with E-state index in [9.17, 15) is 9.18 Å². The standard InChI is InChI=1S/C24H37FO3/c1-3-5-7-8-18-27-21-14-10-19(11-15-21)20-12-16-22(17-13-20)28-24(26)23(25)9-6-4-2/h10-11,14-15,20,22-23H,3-9,12-13,16-18H2,1-2H3/t20-,22-,23-/m0/s1. The number of benzene rings is 1. The molecule has 0 radical (unpaired) electrons. The number of carbonyl (C=O) groups excluding carboxylic acids is 1. The van der Waals surface area contributed by atoms with E-state index in [-0.39, 0.29) is 12.5 Å².